The zero-order valence-electron chi connectivity index (χ0n) is 5.93. The quantitative estimate of drug-likeness (QED) is 0.447. The molecule has 0 nitrogen and oxygen atoms in total. The van der Waals surface area contributed by atoms with Crippen LogP contribution in [-0.4, -0.2) is 4.88 Å². The van der Waals surface area contributed by atoms with Gasteiger partial charge in [0.2, 0.25) is 0 Å². The first-order valence-corrected chi connectivity index (χ1v) is 9.44. The standard InChI is InChI=1S/C8H8ClISi/c1-2-11(9,10)8-6-4-3-5-7-8/h2-7H,1H2. The van der Waals surface area contributed by atoms with Crippen LogP contribution in [0.4, 0.5) is 0 Å². The second-order valence-corrected chi connectivity index (χ2v) is 13.2. The minimum atomic E-state index is -1.85. The predicted octanol–water partition coefficient (Wildman–Crippen LogP) is 2.73. The lowest BCUT2D eigenvalue weighted by atomic mass is 10.4. The summed E-state index contributed by atoms with van der Waals surface area (Å²) in [6, 6.07) is 10.1. The third kappa shape index (κ3) is 2.32. The van der Waals surface area contributed by atoms with E-state index in [4.69, 9.17) is 11.1 Å². The summed E-state index contributed by atoms with van der Waals surface area (Å²) in [6.45, 7) is 3.73. The van der Waals surface area contributed by atoms with Crippen LogP contribution >= 0.6 is 32.9 Å². The van der Waals surface area contributed by atoms with Crippen molar-refractivity contribution in [1.29, 1.82) is 0 Å². The van der Waals surface area contributed by atoms with E-state index < -0.39 is 4.88 Å². The molecule has 11 heavy (non-hydrogen) atoms. The summed E-state index contributed by atoms with van der Waals surface area (Å²) in [5.41, 5.74) is 1.87. The normalized spacial score (nSPS) is 15.5. The molecule has 0 bridgehead atoms. The van der Waals surface area contributed by atoms with Crippen molar-refractivity contribution < 1.29 is 0 Å². The van der Waals surface area contributed by atoms with Crippen molar-refractivity contribution in [2.24, 2.45) is 0 Å². The van der Waals surface area contributed by atoms with E-state index in [1.807, 2.05) is 36.0 Å². The highest BCUT2D eigenvalue weighted by atomic mass is 127. The summed E-state index contributed by atoms with van der Waals surface area (Å²) in [5.74, 6) is 0. The molecule has 1 unspecified atom stereocenters. The van der Waals surface area contributed by atoms with Crippen LogP contribution in [0.1, 0.15) is 0 Å². The Labute approximate surface area is 85.2 Å². The van der Waals surface area contributed by atoms with Crippen LogP contribution in [0.3, 0.4) is 0 Å². The molecule has 0 N–H and O–H groups in total. The van der Waals surface area contributed by atoms with E-state index in [0.717, 1.165) is 0 Å². The van der Waals surface area contributed by atoms with Gasteiger partial charge in [0.15, 0.2) is 0 Å². The van der Waals surface area contributed by atoms with Gasteiger partial charge >= 0.3 is 0 Å². The lowest BCUT2D eigenvalue weighted by Crippen LogP contribution is -2.32. The molecular weight excluding hydrogens is 287 g/mol. The van der Waals surface area contributed by atoms with E-state index in [1.54, 1.807) is 0 Å². The highest BCUT2D eigenvalue weighted by Gasteiger charge is 2.24. The largest absolute Gasteiger partial charge is 0.273 e. The van der Waals surface area contributed by atoms with Crippen molar-refractivity contribution in [2.75, 3.05) is 0 Å². The first-order valence-electron chi connectivity index (χ1n) is 3.24. The number of rotatable bonds is 2. The zero-order valence-corrected chi connectivity index (χ0v) is 9.84. The molecule has 0 saturated carbocycles. The molecule has 0 fully saturated rings. The molecule has 0 radical (unpaired) electrons. The SMILES string of the molecule is C=C[Si](Cl)(I)c1ccccc1. The van der Waals surface area contributed by atoms with Gasteiger partial charge < -0.3 is 0 Å². The average molecular weight is 295 g/mol. The Bertz CT molecular complexity index is 246. The van der Waals surface area contributed by atoms with E-state index in [1.165, 1.54) is 5.19 Å². The van der Waals surface area contributed by atoms with Crippen molar-refractivity contribution in [3.05, 3.63) is 42.6 Å². The maximum absolute atomic E-state index is 6.25. The van der Waals surface area contributed by atoms with Crippen molar-refractivity contribution in [1.82, 2.24) is 0 Å². The summed E-state index contributed by atoms with van der Waals surface area (Å²) in [5, 5.41) is 1.21. The molecule has 0 saturated heterocycles. The molecule has 1 aromatic carbocycles. The highest BCUT2D eigenvalue weighted by molar-refractivity contribution is 14.1. The van der Waals surface area contributed by atoms with Crippen LogP contribution in [0.15, 0.2) is 42.6 Å². The zero-order chi connectivity index (χ0) is 8.32. The molecule has 1 atom stereocenters. The first-order chi connectivity index (χ1) is 5.17. The van der Waals surface area contributed by atoms with Crippen molar-refractivity contribution >= 4 is 42.9 Å². The van der Waals surface area contributed by atoms with Gasteiger partial charge in [0.05, 0.1) is 0 Å². The minimum Gasteiger partial charge on any atom is -0.142 e. The average Bonchev–Trinajstić information content (AvgIpc) is 2.06. The minimum absolute atomic E-state index is 1.21. The molecule has 0 spiro atoms. The van der Waals surface area contributed by atoms with E-state index in [0.29, 0.717) is 0 Å². The van der Waals surface area contributed by atoms with Gasteiger partial charge in [-0.05, 0) is 5.19 Å². The van der Waals surface area contributed by atoms with Crippen molar-refractivity contribution in [3.8, 4) is 0 Å². The molecule has 0 aliphatic heterocycles. The van der Waals surface area contributed by atoms with Crippen LogP contribution in [0, 0.1) is 0 Å². The van der Waals surface area contributed by atoms with Gasteiger partial charge in [-0.1, -0.05) is 57.8 Å². The Morgan fingerprint density at radius 3 is 2.36 bits per heavy atom. The number of benzene rings is 1. The third-order valence-corrected chi connectivity index (χ3v) is 7.34. The van der Waals surface area contributed by atoms with Gasteiger partial charge in [0, 0.05) is 0 Å². The summed E-state index contributed by atoms with van der Waals surface area (Å²) >= 11 is 8.55. The Morgan fingerprint density at radius 1 is 1.36 bits per heavy atom. The van der Waals surface area contributed by atoms with Crippen LogP contribution < -0.4 is 5.19 Å². The predicted molar refractivity (Wildman–Crippen MR) is 61.9 cm³/mol. The molecule has 3 heteroatoms. The monoisotopic (exact) mass is 294 g/mol. The smallest absolute Gasteiger partial charge is 0.142 e. The van der Waals surface area contributed by atoms with Crippen molar-refractivity contribution in [3.63, 3.8) is 0 Å². The molecule has 0 aliphatic rings. The molecule has 0 aromatic heterocycles. The van der Waals surface area contributed by atoms with Crippen LogP contribution in [0.25, 0.3) is 0 Å². The molecule has 1 rings (SSSR count). The summed E-state index contributed by atoms with van der Waals surface area (Å²) < 4.78 is 0. The van der Waals surface area contributed by atoms with Gasteiger partial charge in [-0.2, -0.15) is 0 Å². The highest BCUT2D eigenvalue weighted by Crippen LogP contribution is 2.18. The van der Waals surface area contributed by atoms with E-state index in [9.17, 15) is 0 Å². The topological polar surface area (TPSA) is 0 Å². The Kier molecular flexibility index (Phi) is 3.15. The summed E-state index contributed by atoms with van der Waals surface area (Å²) in [7, 11) is 0. The number of halogens is 2. The molecule has 0 heterocycles. The van der Waals surface area contributed by atoms with E-state index >= 15 is 0 Å². The van der Waals surface area contributed by atoms with Crippen LogP contribution in [-0.2, 0) is 0 Å². The van der Waals surface area contributed by atoms with Gasteiger partial charge in [-0.25, -0.2) is 0 Å². The Hall–Kier alpha value is 0.197. The fourth-order valence-electron chi connectivity index (χ4n) is 0.778. The van der Waals surface area contributed by atoms with E-state index in [-0.39, 0.29) is 0 Å². The Balaban J connectivity index is 3.02. The van der Waals surface area contributed by atoms with Gasteiger partial charge in [-0.15, -0.1) is 17.7 Å². The molecular formula is C8H8ClISi. The second-order valence-electron chi connectivity index (χ2n) is 2.19. The van der Waals surface area contributed by atoms with Gasteiger partial charge in [-0.3, -0.25) is 0 Å². The lowest BCUT2D eigenvalue weighted by molar-refractivity contribution is 1.77. The van der Waals surface area contributed by atoms with Crippen LogP contribution in [0.5, 0.6) is 0 Å². The maximum Gasteiger partial charge on any atom is 0.273 e. The first kappa shape index (κ1) is 9.29. The lowest BCUT2D eigenvalue weighted by Gasteiger charge is -2.11. The maximum atomic E-state index is 6.25. The fraction of sp³-hybridized carbons (Fsp3) is 0. The molecule has 58 valence electrons. The van der Waals surface area contributed by atoms with Crippen LogP contribution in [0.2, 0.25) is 0 Å². The van der Waals surface area contributed by atoms with Gasteiger partial charge in [0.25, 0.3) is 4.88 Å². The van der Waals surface area contributed by atoms with Crippen molar-refractivity contribution in [2.45, 2.75) is 0 Å². The van der Waals surface area contributed by atoms with Gasteiger partial charge in [0.1, 0.15) is 0 Å². The molecule has 0 aliphatic carbocycles. The number of hydrogen-bond donors (Lipinski definition) is 0. The number of hydrogen-bond acceptors (Lipinski definition) is 0. The fourth-order valence-corrected chi connectivity index (χ4v) is 3.11. The van der Waals surface area contributed by atoms with E-state index in [2.05, 4.69) is 28.4 Å². The molecule has 0 amide bonds. The second kappa shape index (κ2) is 3.73. The Morgan fingerprint density at radius 2 is 1.91 bits per heavy atom. The molecule has 1 aromatic rings. The summed E-state index contributed by atoms with van der Waals surface area (Å²) in [4.78, 5) is -1.85. The summed E-state index contributed by atoms with van der Waals surface area (Å²) in [6.07, 6.45) is 0. The third-order valence-electron chi connectivity index (χ3n) is 1.42.